The molecule has 1 saturated heterocycles. The van der Waals surface area contributed by atoms with Crippen molar-refractivity contribution in [2.45, 2.75) is 12.5 Å². The van der Waals surface area contributed by atoms with Crippen LogP contribution in [0, 0.1) is 0 Å². The van der Waals surface area contributed by atoms with Crippen LogP contribution in [0.15, 0.2) is 18.2 Å². The number of aromatic hydroxyl groups is 1. The topological polar surface area (TPSA) is 59.0 Å². The highest BCUT2D eigenvalue weighted by atomic mass is 16.5. The Morgan fingerprint density at radius 2 is 2.22 bits per heavy atom. The van der Waals surface area contributed by atoms with Gasteiger partial charge in [0, 0.05) is 20.2 Å². The molecule has 98 valence electrons. The Balaban J connectivity index is 2.18. The number of hydrogen-bond acceptors (Lipinski definition) is 4. The molecule has 5 heteroatoms. The number of phenols is 1. The molecular weight excluding hydrogens is 234 g/mol. The predicted molar refractivity (Wildman–Crippen MR) is 66.0 cm³/mol. The molecule has 1 amide bonds. The molecular formula is C13H17NO4. The van der Waals surface area contributed by atoms with Crippen LogP contribution in [0.2, 0.25) is 0 Å². The fraction of sp³-hybridized carbons (Fsp3) is 0.462. The summed E-state index contributed by atoms with van der Waals surface area (Å²) in [5, 5.41) is 9.75. The number of nitrogens with zero attached hydrogens (tertiary/aromatic N) is 1. The molecule has 1 aliphatic heterocycles. The molecule has 1 aliphatic rings. The van der Waals surface area contributed by atoms with E-state index in [1.54, 1.807) is 24.1 Å². The highest BCUT2D eigenvalue weighted by Crippen LogP contribution is 2.25. The Morgan fingerprint density at radius 3 is 2.83 bits per heavy atom. The second kappa shape index (κ2) is 5.27. The van der Waals surface area contributed by atoms with E-state index in [4.69, 9.17) is 9.47 Å². The molecule has 2 rings (SSSR count). The van der Waals surface area contributed by atoms with E-state index in [9.17, 15) is 9.90 Å². The Bertz CT molecular complexity index is 447. The molecule has 1 atom stereocenters. The van der Waals surface area contributed by atoms with Gasteiger partial charge >= 0.3 is 0 Å². The van der Waals surface area contributed by atoms with Crippen LogP contribution >= 0.6 is 0 Å². The summed E-state index contributed by atoms with van der Waals surface area (Å²) in [5.41, 5.74) is 0.270. The Kier molecular flexibility index (Phi) is 3.72. The van der Waals surface area contributed by atoms with Gasteiger partial charge in [0.2, 0.25) is 0 Å². The molecule has 1 N–H and O–H groups in total. The standard InChI is InChI=1S/C13H17NO4/c1-17-9-3-4-12(15)11(7-9)13(16)14-6-5-10(8-14)18-2/h3-4,7,10,15H,5-6,8H2,1-2H3. The van der Waals surface area contributed by atoms with Gasteiger partial charge in [0.15, 0.2) is 0 Å². The number of carbonyl (C=O) groups is 1. The number of ether oxygens (including phenoxy) is 2. The SMILES string of the molecule is COc1ccc(O)c(C(=O)N2CCC(OC)C2)c1. The van der Waals surface area contributed by atoms with Gasteiger partial charge in [0.25, 0.3) is 5.91 Å². The third-order valence-corrected chi connectivity index (χ3v) is 3.20. The summed E-state index contributed by atoms with van der Waals surface area (Å²) in [6.45, 7) is 1.21. The molecule has 0 saturated carbocycles. The van der Waals surface area contributed by atoms with Crippen LogP contribution < -0.4 is 4.74 Å². The lowest BCUT2D eigenvalue weighted by Gasteiger charge is -2.17. The lowest BCUT2D eigenvalue weighted by atomic mass is 10.1. The molecule has 1 aromatic rings. The van der Waals surface area contributed by atoms with E-state index < -0.39 is 0 Å². The van der Waals surface area contributed by atoms with Crippen LogP contribution in [-0.4, -0.2) is 49.3 Å². The number of benzene rings is 1. The lowest BCUT2D eigenvalue weighted by Crippen LogP contribution is -2.30. The fourth-order valence-corrected chi connectivity index (χ4v) is 2.09. The number of rotatable bonds is 3. The van der Waals surface area contributed by atoms with Crippen molar-refractivity contribution in [3.63, 3.8) is 0 Å². The van der Waals surface area contributed by atoms with Gasteiger partial charge in [-0.2, -0.15) is 0 Å². The van der Waals surface area contributed by atoms with Gasteiger partial charge in [0.1, 0.15) is 11.5 Å². The van der Waals surface area contributed by atoms with Crippen molar-refractivity contribution in [1.29, 1.82) is 0 Å². The van der Waals surface area contributed by atoms with E-state index in [1.165, 1.54) is 13.2 Å². The Hall–Kier alpha value is -1.75. The second-order valence-electron chi connectivity index (χ2n) is 4.28. The molecule has 0 aliphatic carbocycles. The van der Waals surface area contributed by atoms with Crippen molar-refractivity contribution in [2.75, 3.05) is 27.3 Å². The van der Waals surface area contributed by atoms with Crippen molar-refractivity contribution in [3.05, 3.63) is 23.8 Å². The molecule has 0 radical (unpaired) electrons. The second-order valence-corrected chi connectivity index (χ2v) is 4.28. The molecule has 1 aromatic carbocycles. The molecule has 1 heterocycles. The average Bonchev–Trinajstić information content (AvgIpc) is 2.87. The maximum atomic E-state index is 12.3. The van der Waals surface area contributed by atoms with Crippen LogP contribution in [0.4, 0.5) is 0 Å². The zero-order valence-corrected chi connectivity index (χ0v) is 10.5. The van der Waals surface area contributed by atoms with E-state index in [-0.39, 0.29) is 23.3 Å². The molecule has 0 spiro atoms. The number of hydrogen-bond donors (Lipinski definition) is 1. The first-order chi connectivity index (χ1) is 8.65. The zero-order chi connectivity index (χ0) is 13.1. The zero-order valence-electron chi connectivity index (χ0n) is 10.5. The van der Waals surface area contributed by atoms with Gasteiger partial charge in [-0.1, -0.05) is 0 Å². The van der Waals surface area contributed by atoms with E-state index >= 15 is 0 Å². The van der Waals surface area contributed by atoms with E-state index in [1.807, 2.05) is 0 Å². The fourth-order valence-electron chi connectivity index (χ4n) is 2.09. The van der Waals surface area contributed by atoms with Gasteiger partial charge < -0.3 is 19.5 Å². The van der Waals surface area contributed by atoms with Crippen molar-refractivity contribution >= 4 is 5.91 Å². The van der Waals surface area contributed by atoms with Crippen LogP contribution in [0.3, 0.4) is 0 Å². The average molecular weight is 251 g/mol. The number of methoxy groups -OCH3 is 2. The van der Waals surface area contributed by atoms with Crippen LogP contribution in [0.5, 0.6) is 11.5 Å². The maximum absolute atomic E-state index is 12.3. The minimum atomic E-state index is -0.189. The summed E-state index contributed by atoms with van der Waals surface area (Å²) < 4.78 is 10.3. The number of phenolic OH excluding ortho intramolecular Hbond substituents is 1. The van der Waals surface area contributed by atoms with Crippen LogP contribution in [-0.2, 0) is 4.74 Å². The first kappa shape index (κ1) is 12.7. The Morgan fingerprint density at radius 1 is 1.44 bits per heavy atom. The van der Waals surface area contributed by atoms with Crippen molar-refractivity contribution < 1.29 is 19.4 Å². The Labute approximate surface area is 106 Å². The van der Waals surface area contributed by atoms with Crippen LogP contribution in [0.1, 0.15) is 16.8 Å². The van der Waals surface area contributed by atoms with Gasteiger partial charge in [-0.3, -0.25) is 4.79 Å². The van der Waals surface area contributed by atoms with Crippen molar-refractivity contribution in [2.24, 2.45) is 0 Å². The summed E-state index contributed by atoms with van der Waals surface area (Å²) >= 11 is 0. The molecule has 1 fully saturated rings. The summed E-state index contributed by atoms with van der Waals surface area (Å²) in [4.78, 5) is 13.9. The summed E-state index contributed by atoms with van der Waals surface area (Å²) in [6, 6.07) is 4.64. The summed E-state index contributed by atoms with van der Waals surface area (Å²) in [5.74, 6) is 0.339. The molecule has 1 unspecified atom stereocenters. The molecule has 0 aromatic heterocycles. The van der Waals surface area contributed by atoms with E-state index in [2.05, 4.69) is 0 Å². The third kappa shape index (κ3) is 2.41. The van der Waals surface area contributed by atoms with Gasteiger partial charge in [-0.05, 0) is 24.6 Å². The van der Waals surface area contributed by atoms with Crippen LogP contribution in [0.25, 0.3) is 0 Å². The quantitative estimate of drug-likeness (QED) is 0.878. The first-order valence-electron chi connectivity index (χ1n) is 5.84. The van der Waals surface area contributed by atoms with E-state index in [0.29, 0.717) is 18.8 Å². The highest BCUT2D eigenvalue weighted by Gasteiger charge is 2.28. The predicted octanol–water partition coefficient (Wildman–Crippen LogP) is 1.26. The minimum Gasteiger partial charge on any atom is -0.507 e. The molecule has 5 nitrogen and oxygen atoms in total. The van der Waals surface area contributed by atoms with Crippen molar-refractivity contribution in [1.82, 2.24) is 4.90 Å². The summed E-state index contributed by atoms with van der Waals surface area (Å²) in [7, 11) is 3.17. The smallest absolute Gasteiger partial charge is 0.257 e. The minimum absolute atomic E-state index is 0.0262. The normalized spacial score (nSPS) is 19.0. The highest BCUT2D eigenvalue weighted by molar-refractivity contribution is 5.97. The van der Waals surface area contributed by atoms with Gasteiger partial charge in [0.05, 0.1) is 18.8 Å². The van der Waals surface area contributed by atoms with Crippen molar-refractivity contribution in [3.8, 4) is 11.5 Å². The van der Waals surface area contributed by atoms with Gasteiger partial charge in [-0.25, -0.2) is 0 Å². The number of likely N-dealkylation sites (tertiary alicyclic amines) is 1. The monoisotopic (exact) mass is 251 g/mol. The largest absolute Gasteiger partial charge is 0.507 e. The number of amides is 1. The first-order valence-corrected chi connectivity index (χ1v) is 5.84. The maximum Gasteiger partial charge on any atom is 0.257 e. The summed E-state index contributed by atoms with van der Waals surface area (Å²) in [6.07, 6.45) is 0.911. The molecule has 18 heavy (non-hydrogen) atoms. The molecule has 0 bridgehead atoms. The van der Waals surface area contributed by atoms with E-state index in [0.717, 1.165) is 6.42 Å². The number of carbonyl (C=O) groups excluding carboxylic acids is 1. The lowest BCUT2D eigenvalue weighted by molar-refractivity contribution is 0.0721. The third-order valence-electron chi connectivity index (χ3n) is 3.20. The van der Waals surface area contributed by atoms with Gasteiger partial charge in [-0.15, -0.1) is 0 Å².